The molecule has 0 amide bonds. The van der Waals surface area contributed by atoms with E-state index in [0.717, 1.165) is 29.7 Å². The summed E-state index contributed by atoms with van der Waals surface area (Å²) < 4.78 is 5.54. The van der Waals surface area contributed by atoms with E-state index >= 15 is 0 Å². The molecule has 0 fully saturated rings. The molecule has 2 aromatic rings. The number of ether oxygens (including phenoxy) is 1. The van der Waals surface area contributed by atoms with Gasteiger partial charge in [0.25, 0.3) is 0 Å². The third-order valence-electron chi connectivity index (χ3n) is 4.60. The zero-order valence-electron chi connectivity index (χ0n) is 14.9. The smallest absolute Gasteiger partial charge is 0.204 e. The van der Waals surface area contributed by atoms with Gasteiger partial charge in [0.1, 0.15) is 5.75 Å². The van der Waals surface area contributed by atoms with Crippen LogP contribution in [0, 0.1) is 0 Å². The molecule has 1 aromatic heterocycles. The van der Waals surface area contributed by atoms with Crippen LogP contribution in [-0.2, 0) is 6.42 Å². The molecule has 1 N–H and O–H groups in total. The van der Waals surface area contributed by atoms with Gasteiger partial charge in [-0.15, -0.1) is 10.2 Å². The SMILES string of the molecule is CCCCCCC1=CC=NC1Cc1cc(-c2nn[nH]n2)ccc1OC. The Labute approximate surface area is 148 Å². The summed E-state index contributed by atoms with van der Waals surface area (Å²) in [5, 5.41) is 14.2. The molecule has 0 radical (unpaired) electrons. The molecule has 0 aliphatic carbocycles. The molecule has 1 atom stereocenters. The van der Waals surface area contributed by atoms with Crippen molar-refractivity contribution in [3.05, 3.63) is 35.4 Å². The number of allylic oxidation sites excluding steroid dienone is 1. The van der Waals surface area contributed by atoms with E-state index in [4.69, 9.17) is 4.74 Å². The number of H-pyrrole nitrogens is 1. The first-order valence-corrected chi connectivity index (χ1v) is 8.94. The van der Waals surface area contributed by atoms with Gasteiger partial charge in [-0.2, -0.15) is 5.21 Å². The molecule has 25 heavy (non-hydrogen) atoms. The van der Waals surface area contributed by atoms with Gasteiger partial charge in [-0.1, -0.05) is 26.2 Å². The van der Waals surface area contributed by atoms with Crippen LogP contribution in [0.4, 0.5) is 0 Å². The average molecular weight is 339 g/mol. The number of unbranched alkanes of at least 4 members (excludes halogenated alkanes) is 3. The van der Waals surface area contributed by atoms with Crippen molar-refractivity contribution >= 4 is 6.21 Å². The number of aliphatic imine (C=N–C) groups is 1. The van der Waals surface area contributed by atoms with Crippen molar-refractivity contribution in [1.82, 2.24) is 20.6 Å². The fraction of sp³-hybridized carbons (Fsp3) is 0.474. The molecule has 0 saturated carbocycles. The molecule has 6 heteroatoms. The zero-order valence-corrected chi connectivity index (χ0v) is 14.9. The van der Waals surface area contributed by atoms with Crippen LogP contribution >= 0.6 is 0 Å². The minimum Gasteiger partial charge on any atom is -0.496 e. The number of tetrazole rings is 1. The molecular weight excluding hydrogens is 314 g/mol. The number of aromatic amines is 1. The fourth-order valence-electron chi connectivity index (χ4n) is 3.21. The van der Waals surface area contributed by atoms with Gasteiger partial charge in [0.05, 0.1) is 13.2 Å². The maximum Gasteiger partial charge on any atom is 0.204 e. The van der Waals surface area contributed by atoms with Crippen LogP contribution in [0.3, 0.4) is 0 Å². The number of rotatable bonds is 9. The normalized spacial score (nSPS) is 16.2. The van der Waals surface area contributed by atoms with Crippen LogP contribution in [0.1, 0.15) is 44.6 Å². The van der Waals surface area contributed by atoms with Gasteiger partial charge < -0.3 is 4.74 Å². The van der Waals surface area contributed by atoms with Gasteiger partial charge >= 0.3 is 0 Å². The number of hydrogen-bond acceptors (Lipinski definition) is 5. The lowest BCUT2D eigenvalue weighted by Gasteiger charge is -2.16. The second-order valence-electron chi connectivity index (χ2n) is 6.33. The van der Waals surface area contributed by atoms with E-state index in [-0.39, 0.29) is 6.04 Å². The largest absolute Gasteiger partial charge is 0.496 e. The highest BCUT2D eigenvalue weighted by Crippen LogP contribution is 2.29. The van der Waals surface area contributed by atoms with Crippen molar-refractivity contribution < 1.29 is 4.74 Å². The van der Waals surface area contributed by atoms with E-state index in [2.05, 4.69) is 44.7 Å². The van der Waals surface area contributed by atoms with Gasteiger partial charge in [-0.25, -0.2) is 0 Å². The van der Waals surface area contributed by atoms with Crippen molar-refractivity contribution in [3.63, 3.8) is 0 Å². The van der Waals surface area contributed by atoms with E-state index in [0.29, 0.717) is 5.82 Å². The van der Waals surface area contributed by atoms with Crippen molar-refractivity contribution in [2.75, 3.05) is 7.11 Å². The van der Waals surface area contributed by atoms with Crippen LogP contribution in [0.25, 0.3) is 11.4 Å². The lowest BCUT2D eigenvalue weighted by molar-refractivity contribution is 0.408. The van der Waals surface area contributed by atoms with Crippen LogP contribution in [0.2, 0.25) is 0 Å². The fourth-order valence-corrected chi connectivity index (χ4v) is 3.21. The van der Waals surface area contributed by atoms with Gasteiger partial charge in [-0.3, -0.25) is 4.99 Å². The monoisotopic (exact) mass is 339 g/mol. The predicted molar refractivity (Wildman–Crippen MR) is 99.0 cm³/mol. The molecule has 1 unspecified atom stereocenters. The number of hydrogen-bond donors (Lipinski definition) is 1. The maximum absolute atomic E-state index is 5.54. The van der Waals surface area contributed by atoms with Crippen LogP contribution in [-0.4, -0.2) is 40.0 Å². The standard InChI is InChI=1S/C19H25N5O/c1-3-4-5-6-7-14-10-11-20-17(14)13-16-12-15(8-9-18(16)25-2)19-21-23-24-22-19/h8-12,17H,3-7,13H2,1-2H3,(H,21,22,23,24). The van der Waals surface area contributed by atoms with E-state index in [1.807, 2.05) is 18.3 Å². The Hall–Kier alpha value is -2.50. The lowest BCUT2D eigenvalue weighted by Crippen LogP contribution is -2.10. The van der Waals surface area contributed by atoms with E-state index in [1.165, 1.54) is 31.3 Å². The second kappa shape index (κ2) is 8.55. The molecule has 2 heterocycles. The average Bonchev–Trinajstić information content (AvgIpc) is 3.31. The summed E-state index contributed by atoms with van der Waals surface area (Å²) in [7, 11) is 1.70. The summed E-state index contributed by atoms with van der Waals surface area (Å²) in [6, 6.07) is 6.19. The highest BCUT2D eigenvalue weighted by Gasteiger charge is 2.19. The Morgan fingerprint density at radius 3 is 2.88 bits per heavy atom. The first-order valence-electron chi connectivity index (χ1n) is 8.94. The minimum atomic E-state index is 0.205. The first kappa shape index (κ1) is 17.3. The summed E-state index contributed by atoms with van der Waals surface area (Å²) >= 11 is 0. The number of benzene rings is 1. The Kier molecular flexibility index (Phi) is 5.93. The first-order chi connectivity index (χ1) is 12.3. The maximum atomic E-state index is 5.54. The molecule has 6 nitrogen and oxygen atoms in total. The highest BCUT2D eigenvalue weighted by molar-refractivity contribution is 5.76. The quantitative estimate of drug-likeness (QED) is 0.706. The van der Waals surface area contributed by atoms with Gasteiger partial charge in [0, 0.05) is 18.2 Å². The number of nitrogens with zero attached hydrogens (tertiary/aromatic N) is 4. The Bertz CT molecular complexity index is 736. The zero-order chi connectivity index (χ0) is 17.5. The highest BCUT2D eigenvalue weighted by atomic mass is 16.5. The summed E-state index contributed by atoms with van der Waals surface area (Å²) in [4.78, 5) is 4.66. The summed E-state index contributed by atoms with van der Waals surface area (Å²) in [5.74, 6) is 1.47. The van der Waals surface area contributed by atoms with E-state index in [9.17, 15) is 0 Å². The number of aromatic nitrogens is 4. The third-order valence-corrected chi connectivity index (χ3v) is 4.60. The second-order valence-corrected chi connectivity index (χ2v) is 6.33. The molecule has 3 rings (SSSR count). The third kappa shape index (κ3) is 4.32. The number of nitrogens with one attached hydrogen (secondary N) is 1. The molecule has 0 spiro atoms. The van der Waals surface area contributed by atoms with Crippen LogP contribution in [0.5, 0.6) is 5.75 Å². The van der Waals surface area contributed by atoms with E-state index < -0.39 is 0 Å². The van der Waals surface area contributed by atoms with Crippen LogP contribution in [0.15, 0.2) is 34.8 Å². The van der Waals surface area contributed by atoms with Gasteiger partial charge in [0.2, 0.25) is 5.82 Å². The summed E-state index contributed by atoms with van der Waals surface area (Å²) in [6.45, 7) is 2.24. The number of methoxy groups -OCH3 is 1. The Morgan fingerprint density at radius 2 is 2.12 bits per heavy atom. The van der Waals surface area contributed by atoms with Crippen molar-refractivity contribution in [2.45, 2.75) is 51.5 Å². The summed E-state index contributed by atoms with van der Waals surface area (Å²) in [5.41, 5.74) is 3.47. The Balaban J connectivity index is 1.71. The molecule has 1 aliphatic rings. The predicted octanol–water partition coefficient (Wildman–Crippen LogP) is 3.77. The van der Waals surface area contributed by atoms with E-state index in [1.54, 1.807) is 7.11 Å². The van der Waals surface area contributed by atoms with Gasteiger partial charge in [0.15, 0.2) is 0 Å². The topological polar surface area (TPSA) is 76.0 Å². The molecule has 132 valence electrons. The van der Waals surface area contributed by atoms with Crippen LogP contribution < -0.4 is 4.74 Å². The van der Waals surface area contributed by atoms with Gasteiger partial charge in [-0.05, 0) is 53.5 Å². The molecule has 0 bridgehead atoms. The Morgan fingerprint density at radius 1 is 1.20 bits per heavy atom. The summed E-state index contributed by atoms with van der Waals surface area (Å²) in [6.07, 6.45) is 11.2. The molecule has 1 aliphatic heterocycles. The minimum absolute atomic E-state index is 0.205. The van der Waals surface area contributed by atoms with Crippen molar-refractivity contribution in [1.29, 1.82) is 0 Å². The van der Waals surface area contributed by atoms with Crippen molar-refractivity contribution in [2.24, 2.45) is 4.99 Å². The molecular formula is C19H25N5O. The molecule has 1 aromatic carbocycles. The van der Waals surface area contributed by atoms with Crippen molar-refractivity contribution in [3.8, 4) is 17.1 Å². The lowest BCUT2D eigenvalue weighted by atomic mass is 9.94. The molecule has 0 saturated heterocycles.